The van der Waals surface area contributed by atoms with Crippen molar-refractivity contribution < 1.29 is 0 Å². The van der Waals surface area contributed by atoms with Crippen LogP contribution < -0.4 is 0 Å². The summed E-state index contributed by atoms with van der Waals surface area (Å²) < 4.78 is 0. The second-order valence-electron chi connectivity index (χ2n) is 0.957. The quantitative estimate of drug-likeness (QED) is 0.499. The molecule has 0 bridgehead atoms. The first-order valence-electron chi connectivity index (χ1n) is 2.12. The predicted octanol–water partition coefficient (Wildman–Crippen LogP) is 1.30. The summed E-state index contributed by atoms with van der Waals surface area (Å²) in [5.74, 6) is 0. The van der Waals surface area contributed by atoms with Gasteiger partial charge >= 0.3 is 40.0 Å². The number of hydrogen-bond donors (Lipinski definition) is 0. The van der Waals surface area contributed by atoms with Crippen molar-refractivity contribution >= 4 is 15.8 Å². The Morgan fingerprint density at radius 1 is 1.20 bits per heavy atom. The molecule has 0 aromatic rings. The minimum absolute atomic E-state index is 0.528. The maximum atomic E-state index is 2.27. The van der Waals surface area contributed by atoms with E-state index in [1.807, 2.05) is 0 Å². The fourth-order valence-electron chi connectivity index (χ4n) is 0.250. The molecule has 1 heteroatoms. The van der Waals surface area contributed by atoms with Gasteiger partial charge in [-0.25, -0.2) is 0 Å². The van der Waals surface area contributed by atoms with Gasteiger partial charge in [0.25, 0.3) is 0 Å². The zero-order valence-corrected chi connectivity index (χ0v) is 6.01. The molecule has 0 saturated carbocycles. The van der Waals surface area contributed by atoms with Crippen LogP contribution in [0.3, 0.4) is 0 Å². The van der Waals surface area contributed by atoms with Gasteiger partial charge in [0.1, 0.15) is 0 Å². The molecule has 0 atom stereocenters. The van der Waals surface area contributed by atoms with Crippen LogP contribution in [-0.2, 0) is 0 Å². The molecule has 0 aromatic heterocycles. The first-order chi connectivity index (χ1) is 2.41. The molecule has 0 aliphatic carbocycles. The maximum absolute atomic E-state index is 2.27. The zero-order chi connectivity index (χ0) is 4.12. The molecule has 0 fully saturated rings. The van der Waals surface area contributed by atoms with Crippen LogP contribution in [0.25, 0.3) is 0 Å². The molecule has 5 heavy (non-hydrogen) atoms. The average Bonchev–Trinajstić information content (AvgIpc) is 1.41. The van der Waals surface area contributed by atoms with Crippen LogP contribution >= 0.6 is 0 Å². The third-order valence-electron chi connectivity index (χ3n) is 0.500. The summed E-state index contributed by atoms with van der Waals surface area (Å²) in [6.45, 7) is 4.53. The Hall–Kier alpha value is 0.558. The van der Waals surface area contributed by atoms with E-state index in [0.717, 1.165) is 0 Å². The average molecular weight is 134 g/mol. The molecule has 0 aliphatic heterocycles. The van der Waals surface area contributed by atoms with Gasteiger partial charge < -0.3 is 0 Å². The molecule has 0 N–H and O–H groups in total. The molecule has 0 rings (SSSR count). The first-order valence-corrected chi connectivity index (χ1v) is 5.09. The van der Waals surface area contributed by atoms with Gasteiger partial charge in [-0.15, -0.1) is 0 Å². The van der Waals surface area contributed by atoms with Crippen LogP contribution in [0.4, 0.5) is 0 Å². The molecular formula is C4H11As. The van der Waals surface area contributed by atoms with E-state index in [2.05, 4.69) is 13.8 Å². The Balaban J connectivity index is 2.19. The predicted molar refractivity (Wildman–Crippen MR) is 28.1 cm³/mol. The third kappa shape index (κ3) is 4.56. The Kier molecular flexibility index (Phi) is 5.07. The number of hydrogen-bond acceptors (Lipinski definition) is 0. The zero-order valence-electron chi connectivity index (χ0n) is 3.91. The van der Waals surface area contributed by atoms with Gasteiger partial charge in [0.15, 0.2) is 0 Å². The minimum atomic E-state index is 0.528. The summed E-state index contributed by atoms with van der Waals surface area (Å²) in [4.78, 5) is 0. The van der Waals surface area contributed by atoms with Crippen LogP contribution in [0, 0.1) is 0 Å². The van der Waals surface area contributed by atoms with Crippen molar-refractivity contribution in [3.63, 3.8) is 0 Å². The molecule has 0 heterocycles. The molecule has 32 valence electrons. The molecule has 0 unspecified atom stereocenters. The van der Waals surface area contributed by atoms with Crippen molar-refractivity contribution in [3.05, 3.63) is 0 Å². The van der Waals surface area contributed by atoms with Crippen molar-refractivity contribution in [2.75, 3.05) is 0 Å². The first kappa shape index (κ1) is 5.56. The summed E-state index contributed by atoms with van der Waals surface area (Å²) in [6, 6.07) is 0. The molecule has 0 nitrogen and oxygen atoms in total. The van der Waals surface area contributed by atoms with Gasteiger partial charge in [-0.2, -0.15) is 0 Å². The second kappa shape index (κ2) is 4.56. The van der Waals surface area contributed by atoms with E-state index in [1.54, 1.807) is 0 Å². The molecule has 0 aliphatic rings. The van der Waals surface area contributed by atoms with Gasteiger partial charge in [0.2, 0.25) is 0 Å². The van der Waals surface area contributed by atoms with E-state index in [4.69, 9.17) is 0 Å². The van der Waals surface area contributed by atoms with Crippen molar-refractivity contribution in [2.45, 2.75) is 24.3 Å². The monoisotopic (exact) mass is 134 g/mol. The third-order valence-corrected chi connectivity index (χ3v) is 2.60. The summed E-state index contributed by atoms with van der Waals surface area (Å²) in [5.41, 5.74) is 0. The molecule has 0 radical (unpaired) electrons. The summed E-state index contributed by atoms with van der Waals surface area (Å²) >= 11 is 0.528. The van der Waals surface area contributed by atoms with Gasteiger partial charge in [-0.1, -0.05) is 0 Å². The van der Waals surface area contributed by atoms with E-state index in [0.29, 0.717) is 15.8 Å². The molecular weight excluding hydrogens is 123 g/mol. The van der Waals surface area contributed by atoms with E-state index in [1.165, 1.54) is 10.4 Å². The fourth-order valence-corrected chi connectivity index (χ4v) is 1.30. The van der Waals surface area contributed by atoms with E-state index in [9.17, 15) is 0 Å². The van der Waals surface area contributed by atoms with Gasteiger partial charge in [-0.05, 0) is 0 Å². The normalized spacial score (nSPS) is 8.40. The van der Waals surface area contributed by atoms with Crippen molar-refractivity contribution in [2.24, 2.45) is 0 Å². The van der Waals surface area contributed by atoms with Crippen LogP contribution in [-0.4, -0.2) is 15.8 Å². The second-order valence-corrected chi connectivity index (χ2v) is 4.97. The standard InChI is InChI=1S/C4H11As/c1-3-5-4-2/h5H,3-4H2,1-2H3. The Morgan fingerprint density at radius 2 is 1.60 bits per heavy atom. The Bertz CT molecular complexity index is 11.1. The van der Waals surface area contributed by atoms with Crippen LogP contribution in [0.2, 0.25) is 10.4 Å². The summed E-state index contributed by atoms with van der Waals surface area (Å²) in [5, 5.41) is 2.94. The Labute approximate surface area is 40.6 Å². The van der Waals surface area contributed by atoms with Crippen molar-refractivity contribution in [3.8, 4) is 0 Å². The van der Waals surface area contributed by atoms with Gasteiger partial charge in [0.05, 0.1) is 0 Å². The molecule has 0 spiro atoms. The van der Waals surface area contributed by atoms with Gasteiger partial charge in [-0.3, -0.25) is 0 Å². The summed E-state index contributed by atoms with van der Waals surface area (Å²) in [6.07, 6.45) is 0. The van der Waals surface area contributed by atoms with Crippen LogP contribution in [0.15, 0.2) is 0 Å². The topological polar surface area (TPSA) is 0 Å². The van der Waals surface area contributed by atoms with E-state index < -0.39 is 0 Å². The van der Waals surface area contributed by atoms with Crippen molar-refractivity contribution in [1.82, 2.24) is 0 Å². The molecule has 0 aromatic carbocycles. The molecule has 0 saturated heterocycles. The summed E-state index contributed by atoms with van der Waals surface area (Å²) in [7, 11) is 0. The van der Waals surface area contributed by atoms with Crippen LogP contribution in [0.1, 0.15) is 13.8 Å². The Morgan fingerprint density at radius 3 is 1.60 bits per heavy atom. The fraction of sp³-hybridized carbons (Fsp3) is 1.00. The number of rotatable bonds is 2. The SMILES string of the molecule is CC[AsH]CC. The molecule has 0 amide bonds. The van der Waals surface area contributed by atoms with E-state index in [-0.39, 0.29) is 0 Å². The van der Waals surface area contributed by atoms with Gasteiger partial charge in [0, 0.05) is 0 Å². The van der Waals surface area contributed by atoms with Crippen LogP contribution in [0.5, 0.6) is 0 Å². The van der Waals surface area contributed by atoms with E-state index >= 15 is 0 Å². The van der Waals surface area contributed by atoms with Crippen molar-refractivity contribution in [1.29, 1.82) is 0 Å².